The molecular weight excluding hydrogens is 266 g/mol. The molecule has 1 saturated heterocycles. The fourth-order valence-corrected chi connectivity index (χ4v) is 2.92. The van der Waals surface area contributed by atoms with Crippen molar-refractivity contribution in [1.82, 2.24) is 10.2 Å². The van der Waals surface area contributed by atoms with E-state index in [2.05, 4.69) is 15.4 Å². The molecule has 2 aliphatic heterocycles. The van der Waals surface area contributed by atoms with Crippen molar-refractivity contribution in [3.63, 3.8) is 0 Å². The van der Waals surface area contributed by atoms with E-state index in [1.807, 2.05) is 6.92 Å². The maximum Gasteiger partial charge on any atom is 0.264 e. The first-order valence-corrected chi connectivity index (χ1v) is 8.51. The summed E-state index contributed by atoms with van der Waals surface area (Å²) in [5.74, 6) is -0.0167. The summed E-state index contributed by atoms with van der Waals surface area (Å²) < 4.78 is 0. The lowest BCUT2D eigenvalue weighted by Crippen LogP contribution is -2.35. The van der Waals surface area contributed by atoms with Gasteiger partial charge >= 0.3 is 0 Å². The third-order valence-corrected chi connectivity index (χ3v) is 4.33. The number of rotatable bonds is 7. The average molecular weight is 295 g/mol. The number of carbonyl (C=O) groups excluding carboxylic acids is 1. The van der Waals surface area contributed by atoms with Crippen LogP contribution in [0.1, 0.15) is 58.3 Å². The van der Waals surface area contributed by atoms with E-state index in [-0.39, 0.29) is 5.91 Å². The van der Waals surface area contributed by atoms with Crippen LogP contribution in [-0.2, 0) is 9.63 Å². The van der Waals surface area contributed by atoms with Crippen LogP contribution in [-0.4, -0.2) is 48.8 Å². The molecule has 2 rings (SSSR count). The standard InChI is InChI=1S/C16H29N3O2/c1-2-14-13-15(21-18-14)16(20)17-9-5-8-12-19-10-6-3-4-7-11-19/h15H,2-13H2,1H3,(H,17,20)/t15-/m1/s1. The Bertz CT molecular complexity index is 349. The average Bonchev–Trinajstić information content (AvgIpc) is 2.84. The van der Waals surface area contributed by atoms with Gasteiger partial charge in [0.15, 0.2) is 0 Å². The van der Waals surface area contributed by atoms with E-state index in [4.69, 9.17) is 4.84 Å². The second-order valence-electron chi connectivity index (χ2n) is 6.06. The molecule has 0 bridgehead atoms. The molecule has 21 heavy (non-hydrogen) atoms. The predicted molar refractivity (Wildman–Crippen MR) is 84.4 cm³/mol. The lowest BCUT2D eigenvalue weighted by Gasteiger charge is -2.19. The quantitative estimate of drug-likeness (QED) is 0.733. The number of amides is 1. The largest absolute Gasteiger partial charge is 0.382 e. The van der Waals surface area contributed by atoms with Gasteiger partial charge in [-0.05, 0) is 51.7 Å². The normalized spacial score (nSPS) is 23.3. The van der Waals surface area contributed by atoms with Crippen LogP contribution < -0.4 is 5.32 Å². The van der Waals surface area contributed by atoms with Gasteiger partial charge in [0.25, 0.3) is 5.91 Å². The zero-order valence-electron chi connectivity index (χ0n) is 13.3. The van der Waals surface area contributed by atoms with E-state index in [9.17, 15) is 4.79 Å². The molecule has 2 aliphatic rings. The molecule has 0 aromatic carbocycles. The fraction of sp³-hybridized carbons (Fsp3) is 0.875. The minimum Gasteiger partial charge on any atom is -0.382 e. The van der Waals surface area contributed by atoms with E-state index < -0.39 is 6.10 Å². The van der Waals surface area contributed by atoms with Crippen LogP contribution >= 0.6 is 0 Å². The van der Waals surface area contributed by atoms with Gasteiger partial charge in [0.1, 0.15) is 0 Å². The van der Waals surface area contributed by atoms with E-state index in [0.717, 1.165) is 31.5 Å². The highest BCUT2D eigenvalue weighted by atomic mass is 16.6. The highest BCUT2D eigenvalue weighted by molar-refractivity contribution is 5.92. The fourth-order valence-electron chi connectivity index (χ4n) is 2.92. The highest BCUT2D eigenvalue weighted by Crippen LogP contribution is 2.13. The van der Waals surface area contributed by atoms with Crippen LogP contribution in [0, 0.1) is 0 Å². The highest BCUT2D eigenvalue weighted by Gasteiger charge is 2.26. The van der Waals surface area contributed by atoms with Crippen LogP contribution in [0.3, 0.4) is 0 Å². The number of nitrogens with zero attached hydrogens (tertiary/aromatic N) is 2. The van der Waals surface area contributed by atoms with Crippen molar-refractivity contribution >= 4 is 11.6 Å². The third kappa shape index (κ3) is 5.65. The van der Waals surface area contributed by atoms with E-state index >= 15 is 0 Å². The second-order valence-corrected chi connectivity index (χ2v) is 6.06. The molecule has 0 saturated carbocycles. The van der Waals surface area contributed by atoms with Crippen molar-refractivity contribution in [3.8, 4) is 0 Å². The summed E-state index contributed by atoms with van der Waals surface area (Å²) in [4.78, 5) is 19.6. The molecule has 0 aromatic rings. The second kappa shape index (κ2) is 9.03. The smallest absolute Gasteiger partial charge is 0.264 e. The molecule has 0 aliphatic carbocycles. The molecule has 1 amide bonds. The Kier molecular flexibility index (Phi) is 7.00. The van der Waals surface area contributed by atoms with Crippen LogP contribution in [0.15, 0.2) is 5.16 Å². The summed E-state index contributed by atoms with van der Waals surface area (Å²) in [5, 5.41) is 6.88. The molecule has 2 heterocycles. The Balaban J connectivity index is 1.50. The number of likely N-dealkylation sites (tertiary alicyclic amines) is 1. The van der Waals surface area contributed by atoms with E-state index in [1.165, 1.54) is 45.3 Å². The van der Waals surface area contributed by atoms with Crippen LogP contribution in [0.2, 0.25) is 0 Å². The van der Waals surface area contributed by atoms with Crippen molar-refractivity contribution in [1.29, 1.82) is 0 Å². The number of hydrogen-bond donors (Lipinski definition) is 1. The maximum absolute atomic E-state index is 11.9. The molecule has 5 nitrogen and oxygen atoms in total. The summed E-state index contributed by atoms with van der Waals surface area (Å²) in [6, 6.07) is 0. The zero-order valence-corrected chi connectivity index (χ0v) is 13.3. The lowest BCUT2D eigenvalue weighted by molar-refractivity contribution is -0.131. The van der Waals surface area contributed by atoms with Crippen molar-refractivity contribution < 1.29 is 9.63 Å². The zero-order chi connectivity index (χ0) is 14.9. The molecule has 0 radical (unpaired) electrons. The number of oxime groups is 1. The van der Waals surface area contributed by atoms with Crippen molar-refractivity contribution in [2.45, 2.75) is 64.4 Å². The van der Waals surface area contributed by atoms with Gasteiger partial charge in [-0.15, -0.1) is 0 Å². The number of carbonyl (C=O) groups is 1. The van der Waals surface area contributed by atoms with Gasteiger partial charge in [0.2, 0.25) is 6.10 Å². The van der Waals surface area contributed by atoms with Gasteiger partial charge in [0.05, 0.1) is 5.71 Å². The van der Waals surface area contributed by atoms with Gasteiger partial charge in [-0.1, -0.05) is 24.9 Å². The molecule has 5 heteroatoms. The minimum absolute atomic E-state index is 0.0167. The SMILES string of the molecule is CCC1=NO[C@@H](C(=O)NCCCCN2CCCCCC2)C1. The molecular formula is C16H29N3O2. The van der Waals surface area contributed by atoms with Crippen LogP contribution in [0.5, 0.6) is 0 Å². The monoisotopic (exact) mass is 295 g/mol. The van der Waals surface area contributed by atoms with Crippen LogP contribution in [0.25, 0.3) is 0 Å². The Hall–Kier alpha value is -1.10. The first kappa shape index (κ1) is 16.3. The Morgan fingerprint density at radius 1 is 1.29 bits per heavy atom. The number of hydrogen-bond acceptors (Lipinski definition) is 4. The summed E-state index contributed by atoms with van der Waals surface area (Å²) in [6.07, 6.45) is 8.76. The Morgan fingerprint density at radius 3 is 2.71 bits per heavy atom. The molecule has 120 valence electrons. The Labute approximate surface area is 128 Å². The van der Waals surface area contributed by atoms with Gasteiger partial charge in [0, 0.05) is 13.0 Å². The first-order chi connectivity index (χ1) is 10.3. The number of unbranched alkanes of at least 4 members (excludes halogenated alkanes) is 1. The summed E-state index contributed by atoms with van der Waals surface area (Å²) in [6.45, 7) is 6.44. The summed E-state index contributed by atoms with van der Waals surface area (Å²) >= 11 is 0. The third-order valence-electron chi connectivity index (χ3n) is 4.33. The maximum atomic E-state index is 11.9. The van der Waals surface area contributed by atoms with E-state index in [1.54, 1.807) is 0 Å². The predicted octanol–water partition coefficient (Wildman–Crippen LogP) is 2.31. The van der Waals surface area contributed by atoms with Crippen molar-refractivity contribution in [2.24, 2.45) is 5.16 Å². The molecule has 1 fully saturated rings. The molecule has 0 unspecified atom stereocenters. The van der Waals surface area contributed by atoms with Crippen LogP contribution in [0.4, 0.5) is 0 Å². The van der Waals surface area contributed by atoms with Gasteiger partial charge in [-0.3, -0.25) is 4.79 Å². The first-order valence-electron chi connectivity index (χ1n) is 8.51. The molecule has 0 aromatic heterocycles. The van der Waals surface area contributed by atoms with Gasteiger partial charge in [-0.25, -0.2) is 0 Å². The van der Waals surface area contributed by atoms with E-state index in [0.29, 0.717) is 6.42 Å². The summed E-state index contributed by atoms with van der Waals surface area (Å²) in [7, 11) is 0. The van der Waals surface area contributed by atoms with Gasteiger partial charge < -0.3 is 15.1 Å². The Morgan fingerprint density at radius 2 is 2.05 bits per heavy atom. The van der Waals surface area contributed by atoms with Crippen molar-refractivity contribution in [3.05, 3.63) is 0 Å². The van der Waals surface area contributed by atoms with Crippen molar-refractivity contribution in [2.75, 3.05) is 26.2 Å². The molecule has 1 atom stereocenters. The lowest BCUT2D eigenvalue weighted by atomic mass is 10.1. The number of nitrogens with one attached hydrogen (secondary N) is 1. The topological polar surface area (TPSA) is 53.9 Å². The van der Waals surface area contributed by atoms with Gasteiger partial charge in [-0.2, -0.15) is 0 Å². The minimum atomic E-state index is -0.398. The molecule has 0 spiro atoms. The summed E-state index contributed by atoms with van der Waals surface area (Å²) in [5.41, 5.74) is 0.983. The molecule has 1 N–H and O–H groups in total.